The van der Waals surface area contributed by atoms with Crippen LogP contribution in [-0.2, 0) is 4.79 Å². The molecule has 0 aromatic heterocycles. The molecule has 1 saturated heterocycles. The summed E-state index contributed by atoms with van der Waals surface area (Å²) < 4.78 is 32.5. The van der Waals surface area contributed by atoms with Gasteiger partial charge in [0.25, 0.3) is 0 Å². The van der Waals surface area contributed by atoms with Crippen LogP contribution in [0.3, 0.4) is 0 Å². The molecule has 132 valence electrons. The number of rotatable bonds is 5. The van der Waals surface area contributed by atoms with Crippen LogP contribution in [0, 0.1) is 11.6 Å². The second-order valence-corrected chi connectivity index (χ2v) is 6.05. The molecule has 0 unspecified atom stereocenters. The lowest BCUT2D eigenvalue weighted by Gasteiger charge is -2.24. The van der Waals surface area contributed by atoms with Crippen molar-refractivity contribution in [2.24, 2.45) is 0 Å². The lowest BCUT2D eigenvalue weighted by Crippen LogP contribution is -2.33. The summed E-state index contributed by atoms with van der Waals surface area (Å²) in [4.78, 5) is 14.3. The first kappa shape index (κ1) is 17.4. The second kappa shape index (κ2) is 7.61. The zero-order valence-corrected chi connectivity index (χ0v) is 14.0. The Balaban J connectivity index is 1.67. The number of carbonyl (C=O) groups is 1. The van der Waals surface area contributed by atoms with Crippen LogP contribution >= 0.6 is 0 Å². The average Bonchev–Trinajstić information content (AvgIpc) is 3.06. The van der Waals surface area contributed by atoms with Gasteiger partial charge >= 0.3 is 0 Å². The number of anilines is 1. The topological polar surface area (TPSA) is 41.6 Å². The SMILES string of the molecule is COc1ccc([C@@H]2CCCN2CC(=O)Nc2c(F)cccc2F)cc1. The number of amides is 1. The summed E-state index contributed by atoms with van der Waals surface area (Å²) in [6.45, 7) is 0.855. The molecular weight excluding hydrogens is 326 g/mol. The maximum absolute atomic E-state index is 13.7. The highest BCUT2D eigenvalue weighted by molar-refractivity contribution is 5.92. The molecule has 2 aromatic carbocycles. The summed E-state index contributed by atoms with van der Waals surface area (Å²) in [5.74, 6) is -1.20. The fraction of sp³-hybridized carbons (Fsp3) is 0.316. The van der Waals surface area contributed by atoms with Crippen LogP contribution in [0.5, 0.6) is 5.75 Å². The van der Waals surface area contributed by atoms with Gasteiger partial charge in [-0.1, -0.05) is 18.2 Å². The van der Waals surface area contributed by atoms with E-state index in [4.69, 9.17) is 4.74 Å². The minimum Gasteiger partial charge on any atom is -0.497 e. The van der Waals surface area contributed by atoms with Gasteiger partial charge < -0.3 is 10.1 Å². The number of likely N-dealkylation sites (tertiary alicyclic amines) is 1. The number of halogens is 2. The maximum atomic E-state index is 13.7. The molecule has 0 spiro atoms. The molecule has 1 heterocycles. The Hall–Kier alpha value is -2.47. The number of carbonyl (C=O) groups excluding carboxylic acids is 1. The molecule has 1 aliphatic rings. The van der Waals surface area contributed by atoms with Crippen LogP contribution < -0.4 is 10.1 Å². The van der Waals surface area contributed by atoms with Gasteiger partial charge in [-0.25, -0.2) is 8.78 Å². The normalized spacial score (nSPS) is 17.5. The minimum absolute atomic E-state index is 0.0878. The monoisotopic (exact) mass is 346 g/mol. The van der Waals surface area contributed by atoms with Crippen LogP contribution in [0.25, 0.3) is 0 Å². The number of nitrogens with zero attached hydrogens (tertiary/aromatic N) is 1. The van der Waals surface area contributed by atoms with Gasteiger partial charge in [-0.05, 0) is 49.2 Å². The molecule has 1 amide bonds. The first-order valence-corrected chi connectivity index (χ1v) is 8.20. The fourth-order valence-corrected chi connectivity index (χ4v) is 3.20. The first-order valence-electron chi connectivity index (χ1n) is 8.20. The summed E-state index contributed by atoms with van der Waals surface area (Å²) in [5.41, 5.74) is 0.705. The van der Waals surface area contributed by atoms with E-state index in [1.165, 1.54) is 6.07 Å². The highest BCUT2D eigenvalue weighted by Crippen LogP contribution is 2.32. The third-order valence-electron chi connectivity index (χ3n) is 4.44. The van der Waals surface area contributed by atoms with E-state index in [0.29, 0.717) is 0 Å². The third kappa shape index (κ3) is 3.96. The van der Waals surface area contributed by atoms with Gasteiger partial charge in [0, 0.05) is 6.04 Å². The standard InChI is InChI=1S/C19H20F2N2O2/c1-25-14-9-7-13(8-10-14)17-6-3-11-23(17)12-18(24)22-19-15(20)4-2-5-16(19)21/h2,4-5,7-10,17H,3,6,11-12H2,1H3,(H,22,24)/t17-/m0/s1. The highest BCUT2D eigenvalue weighted by atomic mass is 19.1. The minimum atomic E-state index is -0.776. The quantitative estimate of drug-likeness (QED) is 0.896. The second-order valence-electron chi connectivity index (χ2n) is 6.05. The van der Waals surface area contributed by atoms with Crippen molar-refractivity contribution in [3.05, 3.63) is 59.7 Å². The van der Waals surface area contributed by atoms with Gasteiger partial charge in [0.2, 0.25) is 5.91 Å². The van der Waals surface area contributed by atoms with Crippen molar-refractivity contribution in [2.45, 2.75) is 18.9 Å². The molecule has 0 bridgehead atoms. The number of nitrogens with one attached hydrogen (secondary N) is 1. The molecule has 0 saturated carbocycles. The Morgan fingerprint density at radius 1 is 1.20 bits per heavy atom. The molecule has 25 heavy (non-hydrogen) atoms. The van der Waals surface area contributed by atoms with E-state index in [-0.39, 0.29) is 12.6 Å². The predicted molar refractivity (Wildman–Crippen MR) is 91.5 cm³/mol. The van der Waals surface area contributed by atoms with Gasteiger partial charge in [-0.3, -0.25) is 9.69 Å². The van der Waals surface area contributed by atoms with E-state index in [0.717, 1.165) is 42.8 Å². The molecule has 1 aliphatic heterocycles. The summed E-state index contributed by atoms with van der Waals surface area (Å²) in [6, 6.07) is 11.4. The van der Waals surface area contributed by atoms with Gasteiger partial charge in [-0.2, -0.15) is 0 Å². The van der Waals surface area contributed by atoms with Crippen molar-refractivity contribution in [2.75, 3.05) is 25.5 Å². The van der Waals surface area contributed by atoms with Crippen molar-refractivity contribution in [3.63, 3.8) is 0 Å². The molecule has 0 aliphatic carbocycles. The lowest BCUT2D eigenvalue weighted by atomic mass is 10.0. The average molecular weight is 346 g/mol. The van der Waals surface area contributed by atoms with Gasteiger partial charge in [-0.15, -0.1) is 0 Å². The first-order chi connectivity index (χ1) is 12.1. The maximum Gasteiger partial charge on any atom is 0.238 e. The predicted octanol–water partition coefficient (Wildman–Crippen LogP) is 3.75. The highest BCUT2D eigenvalue weighted by Gasteiger charge is 2.28. The molecule has 0 radical (unpaired) electrons. The van der Waals surface area contributed by atoms with Crippen molar-refractivity contribution < 1.29 is 18.3 Å². The van der Waals surface area contributed by atoms with Gasteiger partial charge in [0.05, 0.1) is 13.7 Å². The van der Waals surface area contributed by atoms with Crippen molar-refractivity contribution in [3.8, 4) is 5.75 Å². The number of para-hydroxylation sites is 1. The molecule has 2 aromatic rings. The van der Waals surface area contributed by atoms with Gasteiger partial charge in [0.15, 0.2) is 0 Å². The number of hydrogen-bond donors (Lipinski definition) is 1. The van der Waals surface area contributed by atoms with E-state index in [1.54, 1.807) is 7.11 Å². The molecule has 1 N–H and O–H groups in total. The van der Waals surface area contributed by atoms with E-state index < -0.39 is 23.2 Å². The molecule has 1 atom stereocenters. The summed E-state index contributed by atoms with van der Waals surface area (Å²) in [5, 5.41) is 2.35. The Labute approximate surface area is 145 Å². The van der Waals surface area contributed by atoms with E-state index in [9.17, 15) is 13.6 Å². The zero-order valence-electron chi connectivity index (χ0n) is 14.0. The van der Waals surface area contributed by atoms with Crippen LogP contribution in [0.4, 0.5) is 14.5 Å². The number of benzene rings is 2. The molecule has 6 heteroatoms. The summed E-state index contributed by atoms with van der Waals surface area (Å²) >= 11 is 0. The Kier molecular flexibility index (Phi) is 5.28. The number of methoxy groups -OCH3 is 1. The van der Waals surface area contributed by atoms with E-state index in [1.807, 2.05) is 29.2 Å². The zero-order chi connectivity index (χ0) is 17.8. The molecule has 1 fully saturated rings. The number of hydrogen-bond acceptors (Lipinski definition) is 3. The van der Waals surface area contributed by atoms with Crippen LogP contribution in [0.15, 0.2) is 42.5 Å². The molecule has 3 rings (SSSR count). The Bertz CT molecular complexity index is 729. The summed E-state index contributed by atoms with van der Waals surface area (Å²) in [7, 11) is 1.61. The van der Waals surface area contributed by atoms with Crippen molar-refractivity contribution >= 4 is 11.6 Å². The molecular formula is C19H20F2N2O2. The van der Waals surface area contributed by atoms with Gasteiger partial charge in [0.1, 0.15) is 23.1 Å². The fourth-order valence-electron chi connectivity index (χ4n) is 3.20. The Morgan fingerprint density at radius 2 is 1.88 bits per heavy atom. The lowest BCUT2D eigenvalue weighted by molar-refractivity contribution is -0.117. The van der Waals surface area contributed by atoms with E-state index >= 15 is 0 Å². The smallest absolute Gasteiger partial charge is 0.238 e. The number of ether oxygens (including phenoxy) is 1. The van der Waals surface area contributed by atoms with Crippen molar-refractivity contribution in [1.29, 1.82) is 0 Å². The van der Waals surface area contributed by atoms with Crippen molar-refractivity contribution in [1.82, 2.24) is 4.90 Å². The van der Waals surface area contributed by atoms with Crippen LogP contribution in [0.1, 0.15) is 24.4 Å². The largest absolute Gasteiger partial charge is 0.497 e. The van der Waals surface area contributed by atoms with E-state index in [2.05, 4.69) is 5.32 Å². The summed E-state index contributed by atoms with van der Waals surface area (Å²) in [6.07, 6.45) is 1.91. The molecule has 4 nitrogen and oxygen atoms in total. The van der Waals surface area contributed by atoms with Crippen LogP contribution in [0.2, 0.25) is 0 Å². The Morgan fingerprint density at radius 3 is 2.52 bits per heavy atom. The van der Waals surface area contributed by atoms with Crippen LogP contribution in [-0.4, -0.2) is 31.0 Å². The third-order valence-corrected chi connectivity index (χ3v) is 4.44.